The van der Waals surface area contributed by atoms with E-state index >= 15 is 0 Å². The van der Waals surface area contributed by atoms with E-state index in [0.29, 0.717) is 0 Å². The van der Waals surface area contributed by atoms with Gasteiger partial charge in [-0.3, -0.25) is 0 Å². The summed E-state index contributed by atoms with van der Waals surface area (Å²) in [7, 11) is 0. The van der Waals surface area contributed by atoms with Crippen molar-refractivity contribution in [1.82, 2.24) is 0 Å². The normalized spacial score (nSPS) is 9.85. The van der Waals surface area contributed by atoms with Crippen molar-refractivity contribution in [2.24, 2.45) is 0 Å². The molecule has 1 aromatic heterocycles. The van der Waals surface area contributed by atoms with Gasteiger partial charge in [0.25, 0.3) is 0 Å². The highest BCUT2D eigenvalue weighted by Crippen LogP contribution is 2.14. The first-order chi connectivity index (χ1) is 6.36. The van der Waals surface area contributed by atoms with Crippen LogP contribution in [-0.2, 0) is 0 Å². The third-order valence-electron chi connectivity index (χ3n) is 1.86. The molecule has 0 aliphatic carbocycles. The van der Waals surface area contributed by atoms with Crippen LogP contribution in [0.25, 0.3) is 11.3 Å². The van der Waals surface area contributed by atoms with Gasteiger partial charge in [0.15, 0.2) is 0 Å². The van der Waals surface area contributed by atoms with Gasteiger partial charge in [0.1, 0.15) is 0 Å². The maximum Gasteiger partial charge on any atom is 0.364 e. The number of hydrogen-bond acceptors (Lipinski definition) is 1. The summed E-state index contributed by atoms with van der Waals surface area (Å²) in [6, 6.07) is 15.2. The average Bonchev–Trinajstić information content (AvgIpc) is 2.19. The van der Waals surface area contributed by atoms with E-state index in [0.717, 1.165) is 11.3 Å². The summed E-state index contributed by atoms with van der Waals surface area (Å²) >= 11 is 0. The highest BCUT2D eigenvalue weighted by Gasteiger charge is 2.04. The summed E-state index contributed by atoms with van der Waals surface area (Å²) in [5.41, 5.74) is 1.99. The topological polar surface area (TPSA) is 34.4 Å². The van der Waals surface area contributed by atoms with Gasteiger partial charge in [0.05, 0.1) is 6.07 Å². The van der Waals surface area contributed by atoms with Crippen molar-refractivity contribution in [2.45, 2.75) is 0 Å². The van der Waals surface area contributed by atoms with Crippen LogP contribution in [0.3, 0.4) is 0 Å². The zero-order chi connectivity index (χ0) is 9.10. The molecule has 2 heteroatoms. The molecule has 2 rings (SSSR count). The maximum atomic E-state index is 9.22. The Morgan fingerprint density at radius 1 is 0.846 bits per heavy atom. The first-order valence-corrected chi connectivity index (χ1v) is 4.13. The summed E-state index contributed by atoms with van der Waals surface area (Å²) < 4.78 is 0. The zero-order valence-electron chi connectivity index (χ0n) is 7.07. The molecule has 0 radical (unpaired) electrons. The SMILES string of the molecule is Oc1cccc(-c2ccccc2)[nH+]1. The molecule has 2 aromatic rings. The van der Waals surface area contributed by atoms with Gasteiger partial charge in [-0.25, -0.2) is 0 Å². The molecule has 0 amide bonds. The highest BCUT2D eigenvalue weighted by molar-refractivity contribution is 5.55. The fourth-order valence-electron chi connectivity index (χ4n) is 1.24. The van der Waals surface area contributed by atoms with Crippen molar-refractivity contribution in [1.29, 1.82) is 0 Å². The lowest BCUT2D eigenvalue weighted by Gasteiger charge is -1.93. The summed E-state index contributed by atoms with van der Waals surface area (Å²) in [5, 5.41) is 9.22. The molecule has 0 fully saturated rings. The number of nitrogens with one attached hydrogen (secondary N) is 1. The summed E-state index contributed by atoms with van der Waals surface area (Å²) in [4.78, 5) is 2.88. The molecule has 0 saturated carbocycles. The number of aromatic hydroxyl groups is 1. The molecule has 64 valence electrons. The van der Waals surface area contributed by atoms with Gasteiger partial charge < -0.3 is 5.11 Å². The second kappa shape index (κ2) is 3.27. The van der Waals surface area contributed by atoms with Gasteiger partial charge in [-0.2, -0.15) is 4.98 Å². The number of rotatable bonds is 1. The number of aromatic amines is 1. The molecule has 0 aliphatic rings. The van der Waals surface area contributed by atoms with E-state index in [2.05, 4.69) is 4.98 Å². The van der Waals surface area contributed by atoms with E-state index in [1.54, 1.807) is 6.07 Å². The summed E-state index contributed by atoms with van der Waals surface area (Å²) in [5.74, 6) is 0.182. The zero-order valence-corrected chi connectivity index (χ0v) is 7.07. The monoisotopic (exact) mass is 172 g/mol. The average molecular weight is 172 g/mol. The van der Waals surface area contributed by atoms with Crippen LogP contribution in [0.5, 0.6) is 5.88 Å². The Kier molecular flexibility index (Phi) is 1.96. The minimum Gasteiger partial charge on any atom is -0.460 e. The Labute approximate surface area is 76.5 Å². The van der Waals surface area contributed by atoms with E-state index in [1.807, 2.05) is 42.5 Å². The van der Waals surface area contributed by atoms with Gasteiger partial charge in [-0.1, -0.05) is 18.2 Å². The Hall–Kier alpha value is -1.83. The van der Waals surface area contributed by atoms with Crippen LogP contribution in [0.15, 0.2) is 48.5 Å². The molecule has 0 bridgehead atoms. The van der Waals surface area contributed by atoms with Crippen LogP contribution in [0, 0.1) is 0 Å². The predicted octanol–water partition coefficient (Wildman–Crippen LogP) is 1.87. The van der Waals surface area contributed by atoms with Crippen LogP contribution in [0.4, 0.5) is 0 Å². The van der Waals surface area contributed by atoms with Gasteiger partial charge >= 0.3 is 5.88 Å². The number of aromatic nitrogens is 1. The molecule has 0 atom stereocenters. The van der Waals surface area contributed by atoms with Crippen molar-refractivity contribution < 1.29 is 10.1 Å². The standard InChI is InChI=1S/C11H9NO/c13-11-8-4-7-10(12-11)9-5-2-1-3-6-9/h1-8H,(H,12,13)/p+1. The van der Waals surface area contributed by atoms with Crippen molar-refractivity contribution in [3.8, 4) is 17.1 Å². The maximum absolute atomic E-state index is 9.22. The second-order valence-electron chi connectivity index (χ2n) is 2.82. The number of benzene rings is 1. The molecule has 0 unspecified atom stereocenters. The molecule has 2 nitrogen and oxygen atoms in total. The van der Waals surface area contributed by atoms with Crippen LogP contribution in [0.1, 0.15) is 0 Å². The summed E-state index contributed by atoms with van der Waals surface area (Å²) in [6.07, 6.45) is 0. The molecule has 0 aliphatic heterocycles. The smallest absolute Gasteiger partial charge is 0.364 e. The Bertz CT molecular complexity index is 398. The number of pyridine rings is 1. The fraction of sp³-hybridized carbons (Fsp3) is 0. The molecule has 0 spiro atoms. The van der Waals surface area contributed by atoms with Gasteiger partial charge in [0.2, 0.25) is 5.69 Å². The minimum absolute atomic E-state index is 0.182. The van der Waals surface area contributed by atoms with Gasteiger partial charge in [-0.15, -0.1) is 0 Å². The van der Waals surface area contributed by atoms with Gasteiger partial charge in [-0.05, 0) is 18.2 Å². The lowest BCUT2D eigenvalue weighted by Crippen LogP contribution is -2.05. The van der Waals surface area contributed by atoms with Crippen LogP contribution in [0.2, 0.25) is 0 Å². The lowest BCUT2D eigenvalue weighted by molar-refractivity contribution is -0.381. The largest absolute Gasteiger partial charge is 0.460 e. The highest BCUT2D eigenvalue weighted by atomic mass is 16.3. The molecule has 13 heavy (non-hydrogen) atoms. The van der Waals surface area contributed by atoms with Crippen LogP contribution >= 0.6 is 0 Å². The fourth-order valence-corrected chi connectivity index (χ4v) is 1.24. The molecular formula is C11H10NO+. The van der Waals surface area contributed by atoms with E-state index < -0.39 is 0 Å². The Balaban J connectivity index is 2.48. The van der Waals surface area contributed by atoms with Crippen molar-refractivity contribution >= 4 is 0 Å². The molecular weight excluding hydrogens is 162 g/mol. The van der Waals surface area contributed by atoms with E-state index in [1.165, 1.54) is 0 Å². The minimum atomic E-state index is 0.182. The molecule has 1 heterocycles. The third-order valence-corrected chi connectivity index (χ3v) is 1.86. The van der Waals surface area contributed by atoms with E-state index in [4.69, 9.17) is 0 Å². The first-order valence-electron chi connectivity index (χ1n) is 4.13. The van der Waals surface area contributed by atoms with Gasteiger partial charge in [0, 0.05) is 11.6 Å². The number of H-pyrrole nitrogens is 1. The third kappa shape index (κ3) is 1.67. The van der Waals surface area contributed by atoms with Crippen molar-refractivity contribution in [3.63, 3.8) is 0 Å². The van der Waals surface area contributed by atoms with E-state index in [9.17, 15) is 5.11 Å². The quantitative estimate of drug-likeness (QED) is 0.700. The van der Waals surface area contributed by atoms with Crippen molar-refractivity contribution in [2.75, 3.05) is 0 Å². The lowest BCUT2D eigenvalue weighted by atomic mass is 10.1. The Morgan fingerprint density at radius 3 is 2.31 bits per heavy atom. The molecule has 2 N–H and O–H groups in total. The molecule has 1 aromatic carbocycles. The molecule has 0 saturated heterocycles. The van der Waals surface area contributed by atoms with Crippen LogP contribution < -0.4 is 4.98 Å². The van der Waals surface area contributed by atoms with Crippen molar-refractivity contribution in [3.05, 3.63) is 48.5 Å². The van der Waals surface area contributed by atoms with E-state index in [-0.39, 0.29) is 5.88 Å². The first kappa shape index (κ1) is 7.80. The second-order valence-corrected chi connectivity index (χ2v) is 2.82. The number of hydrogen-bond donors (Lipinski definition) is 1. The predicted molar refractivity (Wildman–Crippen MR) is 50.1 cm³/mol. The van der Waals surface area contributed by atoms with Crippen LogP contribution in [-0.4, -0.2) is 5.11 Å². The summed E-state index contributed by atoms with van der Waals surface area (Å²) in [6.45, 7) is 0. The Morgan fingerprint density at radius 2 is 1.62 bits per heavy atom.